The SMILES string of the molecule is N#Cc1c(-c2ccccc2)cc(-c2ccc(Cl)cc2)nc1SCC(=O)Nc1ccccc1Cl. The topological polar surface area (TPSA) is 65.8 Å². The molecule has 0 aliphatic rings. The first-order valence-electron chi connectivity index (χ1n) is 9.99. The van der Waals surface area contributed by atoms with Crippen LogP contribution >= 0.6 is 35.0 Å². The van der Waals surface area contributed by atoms with Gasteiger partial charge in [-0.05, 0) is 35.9 Å². The van der Waals surface area contributed by atoms with Gasteiger partial charge in [-0.15, -0.1) is 0 Å². The molecule has 0 radical (unpaired) electrons. The standard InChI is InChI=1S/C26H17Cl2N3OS/c27-19-12-10-18(11-13-19)24-14-20(17-6-2-1-3-7-17)21(15-29)26(31-24)33-16-25(32)30-23-9-5-4-8-22(23)28/h1-14H,16H2,(H,30,32). The number of benzene rings is 3. The molecule has 0 spiro atoms. The first-order valence-corrected chi connectivity index (χ1v) is 11.7. The minimum Gasteiger partial charge on any atom is -0.324 e. The van der Waals surface area contributed by atoms with Gasteiger partial charge in [0.1, 0.15) is 11.1 Å². The van der Waals surface area contributed by atoms with Crippen molar-refractivity contribution in [2.45, 2.75) is 5.03 Å². The van der Waals surface area contributed by atoms with E-state index < -0.39 is 0 Å². The maximum absolute atomic E-state index is 12.6. The Hall–Kier alpha value is -3.30. The molecule has 162 valence electrons. The van der Waals surface area contributed by atoms with Crippen molar-refractivity contribution in [1.29, 1.82) is 5.26 Å². The van der Waals surface area contributed by atoms with Gasteiger partial charge >= 0.3 is 0 Å². The number of hydrogen-bond acceptors (Lipinski definition) is 4. The Balaban J connectivity index is 1.69. The quantitative estimate of drug-likeness (QED) is 0.288. The lowest BCUT2D eigenvalue weighted by Gasteiger charge is -2.13. The van der Waals surface area contributed by atoms with Gasteiger partial charge in [-0.1, -0.05) is 89.6 Å². The molecule has 0 fully saturated rings. The third-order valence-corrected chi connectivity index (χ3v) is 6.37. The third kappa shape index (κ3) is 5.55. The van der Waals surface area contributed by atoms with Crippen LogP contribution in [-0.2, 0) is 4.79 Å². The van der Waals surface area contributed by atoms with Crippen molar-refractivity contribution in [2.24, 2.45) is 0 Å². The molecular weight excluding hydrogens is 473 g/mol. The molecule has 0 saturated carbocycles. The largest absolute Gasteiger partial charge is 0.324 e. The van der Waals surface area contributed by atoms with Crippen LogP contribution in [0, 0.1) is 11.3 Å². The summed E-state index contributed by atoms with van der Waals surface area (Å²) in [7, 11) is 0. The maximum Gasteiger partial charge on any atom is 0.234 e. The van der Waals surface area contributed by atoms with E-state index in [0.29, 0.717) is 32.0 Å². The highest BCUT2D eigenvalue weighted by Crippen LogP contribution is 2.34. The van der Waals surface area contributed by atoms with Gasteiger partial charge in [0.05, 0.1) is 27.7 Å². The number of carbonyl (C=O) groups excluding carboxylic acids is 1. The number of hydrogen-bond donors (Lipinski definition) is 1. The van der Waals surface area contributed by atoms with Crippen LogP contribution in [0.2, 0.25) is 10.0 Å². The molecule has 1 aromatic heterocycles. The van der Waals surface area contributed by atoms with Crippen molar-refractivity contribution in [2.75, 3.05) is 11.1 Å². The highest BCUT2D eigenvalue weighted by molar-refractivity contribution is 8.00. The van der Waals surface area contributed by atoms with Crippen LogP contribution in [0.3, 0.4) is 0 Å². The fraction of sp³-hybridized carbons (Fsp3) is 0.0385. The Bertz CT molecular complexity index is 1340. The Morgan fingerprint density at radius 3 is 2.33 bits per heavy atom. The Labute approximate surface area is 206 Å². The zero-order chi connectivity index (χ0) is 23.2. The van der Waals surface area contributed by atoms with E-state index in [2.05, 4.69) is 11.4 Å². The molecule has 0 bridgehead atoms. The Morgan fingerprint density at radius 1 is 0.939 bits per heavy atom. The van der Waals surface area contributed by atoms with Crippen LogP contribution < -0.4 is 5.32 Å². The number of thioether (sulfide) groups is 1. The summed E-state index contributed by atoms with van der Waals surface area (Å²) >= 11 is 13.4. The van der Waals surface area contributed by atoms with E-state index >= 15 is 0 Å². The summed E-state index contributed by atoms with van der Waals surface area (Å²) in [5.41, 5.74) is 4.18. The number of pyridine rings is 1. The Kier molecular flexibility index (Phi) is 7.31. The van der Waals surface area contributed by atoms with Gasteiger partial charge in [0, 0.05) is 16.1 Å². The van der Waals surface area contributed by atoms with Crippen LogP contribution in [0.4, 0.5) is 5.69 Å². The smallest absolute Gasteiger partial charge is 0.234 e. The number of nitrogens with zero attached hydrogens (tertiary/aromatic N) is 2. The molecule has 1 heterocycles. The van der Waals surface area contributed by atoms with Crippen molar-refractivity contribution in [3.8, 4) is 28.5 Å². The third-order valence-electron chi connectivity index (χ3n) is 4.81. The summed E-state index contributed by atoms with van der Waals surface area (Å²) in [6, 6.07) is 28.2. The summed E-state index contributed by atoms with van der Waals surface area (Å²) in [6.45, 7) is 0. The molecule has 4 aromatic rings. The van der Waals surface area contributed by atoms with E-state index in [-0.39, 0.29) is 11.7 Å². The molecular formula is C26H17Cl2N3OS. The van der Waals surface area contributed by atoms with Gasteiger partial charge in [-0.3, -0.25) is 4.79 Å². The van der Waals surface area contributed by atoms with Crippen LogP contribution in [0.5, 0.6) is 0 Å². The summed E-state index contributed by atoms with van der Waals surface area (Å²) in [4.78, 5) is 17.3. The Morgan fingerprint density at radius 2 is 1.64 bits per heavy atom. The predicted molar refractivity (Wildman–Crippen MR) is 136 cm³/mol. The van der Waals surface area contributed by atoms with E-state index in [9.17, 15) is 10.1 Å². The zero-order valence-corrected chi connectivity index (χ0v) is 19.6. The lowest BCUT2D eigenvalue weighted by Crippen LogP contribution is -2.14. The van der Waals surface area contributed by atoms with Crippen LogP contribution in [0.1, 0.15) is 5.56 Å². The summed E-state index contributed by atoms with van der Waals surface area (Å²) < 4.78 is 0. The number of para-hydroxylation sites is 1. The van der Waals surface area contributed by atoms with Gasteiger partial charge in [0.25, 0.3) is 0 Å². The molecule has 0 aliphatic heterocycles. The number of carbonyl (C=O) groups is 1. The second-order valence-corrected chi connectivity index (χ2v) is 8.84. The first kappa shape index (κ1) is 22.9. The van der Waals surface area contributed by atoms with Crippen molar-refractivity contribution < 1.29 is 4.79 Å². The van der Waals surface area contributed by atoms with Crippen molar-refractivity contribution in [1.82, 2.24) is 4.98 Å². The molecule has 1 N–H and O–H groups in total. The average molecular weight is 490 g/mol. The molecule has 33 heavy (non-hydrogen) atoms. The van der Waals surface area contributed by atoms with E-state index in [4.69, 9.17) is 28.2 Å². The molecule has 4 nitrogen and oxygen atoms in total. The van der Waals surface area contributed by atoms with E-state index in [1.165, 1.54) is 11.8 Å². The maximum atomic E-state index is 12.6. The zero-order valence-electron chi connectivity index (χ0n) is 17.3. The van der Waals surface area contributed by atoms with Gasteiger partial charge in [-0.25, -0.2) is 4.98 Å². The summed E-state index contributed by atoms with van der Waals surface area (Å²) in [5, 5.41) is 14.3. The number of rotatable bonds is 6. The molecule has 3 aromatic carbocycles. The molecule has 0 aliphatic carbocycles. The number of nitrogens with one attached hydrogen (secondary N) is 1. The molecule has 0 atom stereocenters. The van der Waals surface area contributed by atoms with E-state index in [1.807, 2.05) is 48.5 Å². The van der Waals surface area contributed by atoms with Crippen LogP contribution in [0.25, 0.3) is 22.4 Å². The fourth-order valence-corrected chi connectivity index (χ4v) is 4.34. The van der Waals surface area contributed by atoms with Gasteiger partial charge in [0.15, 0.2) is 0 Å². The molecule has 4 rings (SSSR count). The highest BCUT2D eigenvalue weighted by Gasteiger charge is 2.17. The van der Waals surface area contributed by atoms with Crippen LogP contribution in [-0.4, -0.2) is 16.6 Å². The number of anilines is 1. The fourth-order valence-electron chi connectivity index (χ4n) is 3.23. The van der Waals surface area contributed by atoms with E-state index in [1.54, 1.807) is 36.4 Å². The lowest BCUT2D eigenvalue weighted by molar-refractivity contribution is -0.113. The predicted octanol–water partition coefficient (Wildman–Crippen LogP) is 7.32. The normalized spacial score (nSPS) is 10.5. The second kappa shape index (κ2) is 10.5. The number of amides is 1. The first-order chi connectivity index (χ1) is 16.0. The number of nitriles is 1. The summed E-state index contributed by atoms with van der Waals surface area (Å²) in [6.07, 6.45) is 0. The van der Waals surface area contributed by atoms with Crippen molar-refractivity contribution in [3.63, 3.8) is 0 Å². The number of aromatic nitrogens is 1. The molecule has 0 unspecified atom stereocenters. The summed E-state index contributed by atoms with van der Waals surface area (Å²) in [5.74, 6) is -0.164. The molecule has 1 amide bonds. The monoisotopic (exact) mass is 489 g/mol. The number of halogens is 2. The van der Waals surface area contributed by atoms with Crippen LogP contribution in [0.15, 0.2) is 90.0 Å². The molecule has 7 heteroatoms. The highest BCUT2D eigenvalue weighted by atomic mass is 35.5. The molecule has 0 saturated heterocycles. The lowest BCUT2D eigenvalue weighted by atomic mass is 9.99. The average Bonchev–Trinajstić information content (AvgIpc) is 2.84. The second-order valence-electron chi connectivity index (χ2n) is 7.04. The minimum absolute atomic E-state index is 0.0746. The van der Waals surface area contributed by atoms with Gasteiger partial charge < -0.3 is 5.32 Å². The van der Waals surface area contributed by atoms with Gasteiger partial charge in [0.2, 0.25) is 5.91 Å². The van der Waals surface area contributed by atoms with Crippen molar-refractivity contribution >= 4 is 46.6 Å². The van der Waals surface area contributed by atoms with Gasteiger partial charge in [-0.2, -0.15) is 5.26 Å². The van der Waals surface area contributed by atoms with Crippen molar-refractivity contribution in [3.05, 3.63) is 101 Å². The minimum atomic E-state index is -0.239. The van der Waals surface area contributed by atoms with E-state index in [0.717, 1.165) is 16.7 Å².